The predicted octanol–water partition coefficient (Wildman–Crippen LogP) is 2.52. The van der Waals surface area contributed by atoms with Gasteiger partial charge in [0.15, 0.2) is 0 Å². The highest BCUT2D eigenvalue weighted by Gasteiger charge is 2.50. The summed E-state index contributed by atoms with van der Waals surface area (Å²) in [4.78, 5) is 11.4. The lowest BCUT2D eigenvalue weighted by Gasteiger charge is -2.53. The lowest BCUT2D eigenvalue weighted by atomic mass is 9.55. The quantitative estimate of drug-likeness (QED) is 0.592. The van der Waals surface area contributed by atoms with Crippen molar-refractivity contribution in [3.05, 3.63) is 0 Å². The number of hydrogen-bond donors (Lipinski definition) is 0. The number of carbonyl (C=O) groups is 1. The highest BCUT2D eigenvalue weighted by atomic mass is 32.2. The second-order valence-electron chi connectivity index (χ2n) is 6.10. The minimum atomic E-state index is -5.18. The molecule has 114 valence electrons. The van der Waals surface area contributed by atoms with E-state index >= 15 is 0 Å². The Hall–Kier alpha value is -0.920. The molecule has 5 nitrogen and oxygen atoms in total. The van der Waals surface area contributed by atoms with Crippen LogP contribution in [0.5, 0.6) is 0 Å². The van der Waals surface area contributed by atoms with Gasteiger partial charge in [0.2, 0.25) is 0 Å². The number of alkyl halides is 2. The normalized spacial score (nSPS) is 39.0. The van der Waals surface area contributed by atoms with Gasteiger partial charge in [0, 0.05) is 0 Å². The van der Waals surface area contributed by atoms with E-state index in [0.717, 1.165) is 25.7 Å². The van der Waals surface area contributed by atoms with E-state index in [1.54, 1.807) is 0 Å². The van der Waals surface area contributed by atoms with Crippen LogP contribution < -0.4 is 0 Å². The zero-order valence-corrected chi connectivity index (χ0v) is 11.5. The Morgan fingerprint density at radius 1 is 1.00 bits per heavy atom. The fourth-order valence-corrected chi connectivity index (χ4v) is 4.63. The zero-order valence-electron chi connectivity index (χ0n) is 10.7. The van der Waals surface area contributed by atoms with Gasteiger partial charge in [0.05, 0.1) is 0 Å². The van der Waals surface area contributed by atoms with Gasteiger partial charge in [-0.05, 0) is 55.8 Å². The summed E-state index contributed by atoms with van der Waals surface area (Å²) in [5.41, 5.74) is 0. The average molecular weight is 310 g/mol. The third-order valence-electron chi connectivity index (χ3n) is 4.77. The molecule has 0 amide bonds. The van der Waals surface area contributed by atoms with Gasteiger partial charge in [0.1, 0.15) is 6.10 Å². The number of rotatable bonds is 3. The molecule has 0 atom stereocenters. The zero-order chi connectivity index (χ0) is 14.5. The van der Waals surface area contributed by atoms with Crippen molar-refractivity contribution in [2.45, 2.75) is 44.0 Å². The Bertz CT molecular complexity index is 476. The van der Waals surface area contributed by atoms with E-state index < -0.39 is 22.0 Å². The van der Waals surface area contributed by atoms with Crippen LogP contribution >= 0.6 is 0 Å². The van der Waals surface area contributed by atoms with Crippen molar-refractivity contribution in [3.63, 3.8) is 0 Å². The van der Waals surface area contributed by atoms with E-state index in [-0.39, 0.29) is 17.9 Å². The molecule has 0 aromatic heterocycles. The molecule has 0 radical (unpaired) electrons. The van der Waals surface area contributed by atoms with Gasteiger partial charge in [-0.2, -0.15) is 17.2 Å². The molecule has 4 rings (SSSR count). The number of halogens is 2. The van der Waals surface area contributed by atoms with Gasteiger partial charge >= 0.3 is 22.0 Å². The SMILES string of the molecule is O=C(OC1C2CC3CC(C2)CC1C3)OS(=O)(=O)C(F)F. The Balaban J connectivity index is 1.62. The van der Waals surface area contributed by atoms with Crippen LogP contribution in [0.2, 0.25) is 0 Å². The van der Waals surface area contributed by atoms with E-state index in [2.05, 4.69) is 4.18 Å². The summed E-state index contributed by atoms with van der Waals surface area (Å²) in [6, 6.07) is 0. The van der Waals surface area contributed by atoms with E-state index in [9.17, 15) is 22.0 Å². The van der Waals surface area contributed by atoms with Crippen LogP contribution in [0, 0.1) is 23.7 Å². The molecular formula is C12H16F2O5S. The molecule has 0 N–H and O–H groups in total. The summed E-state index contributed by atoms with van der Waals surface area (Å²) >= 11 is 0. The van der Waals surface area contributed by atoms with E-state index in [1.807, 2.05) is 0 Å². The van der Waals surface area contributed by atoms with Gasteiger partial charge in [-0.25, -0.2) is 4.79 Å². The fourth-order valence-electron chi connectivity index (χ4n) is 4.33. The smallest absolute Gasteiger partial charge is 0.430 e. The second-order valence-corrected chi connectivity index (χ2v) is 7.61. The molecule has 0 spiro atoms. The van der Waals surface area contributed by atoms with Crippen molar-refractivity contribution in [3.8, 4) is 0 Å². The molecule has 0 unspecified atom stereocenters. The predicted molar refractivity (Wildman–Crippen MR) is 63.3 cm³/mol. The van der Waals surface area contributed by atoms with Gasteiger partial charge in [-0.1, -0.05) is 0 Å². The van der Waals surface area contributed by atoms with Gasteiger partial charge in [0.25, 0.3) is 0 Å². The molecule has 20 heavy (non-hydrogen) atoms. The van der Waals surface area contributed by atoms with Gasteiger partial charge < -0.3 is 8.92 Å². The summed E-state index contributed by atoms with van der Waals surface area (Å²) in [6.45, 7) is 0. The number of hydrogen-bond acceptors (Lipinski definition) is 5. The molecule has 0 saturated heterocycles. The molecule has 4 fully saturated rings. The molecule has 0 heterocycles. The van der Waals surface area contributed by atoms with Crippen molar-refractivity contribution < 1.29 is 30.9 Å². The summed E-state index contributed by atoms with van der Waals surface area (Å²) in [5.74, 6) is -1.98. The van der Waals surface area contributed by atoms with E-state index in [4.69, 9.17) is 4.74 Å². The summed E-state index contributed by atoms with van der Waals surface area (Å²) in [7, 11) is -5.18. The van der Waals surface area contributed by atoms with Crippen LogP contribution in [0.1, 0.15) is 32.1 Å². The van der Waals surface area contributed by atoms with Crippen molar-refractivity contribution in [1.29, 1.82) is 0 Å². The maximum atomic E-state index is 12.1. The summed E-state index contributed by atoms with van der Waals surface area (Å²) < 4.78 is 54.7. The first kappa shape index (κ1) is 14.0. The van der Waals surface area contributed by atoms with Crippen LogP contribution in [0.3, 0.4) is 0 Å². The van der Waals surface area contributed by atoms with Crippen LogP contribution in [-0.4, -0.2) is 26.4 Å². The third-order valence-corrected chi connectivity index (χ3v) is 5.58. The minimum absolute atomic E-state index is 0.216. The van der Waals surface area contributed by atoms with Crippen molar-refractivity contribution in [2.75, 3.05) is 0 Å². The van der Waals surface area contributed by atoms with Crippen molar-refractivity contribution in [2.24, 2.45) is 23.7 Å². The van der Waals surface area contributed by atoms with Crippen LogP contribution in [0.4, 0.5) is 13.6 Å². The van der Waals surface area contributed by atoms with E-state index in [0.29, 0.717) is 11.8 Å². The monoisotopic (exact) mass is 310 g/mol. The molecule has 0 aromatic rings. The lowest BCUT2D eigenvalue weighted by Crippen LogP contribution is -2.50. The maximum Gasteiger partial charge on any atom is 0.524 e. The maximum absolute atomic E-state index is 12.1. The Kier molecular flexibility index (Phi) is 3.38. The molecule has 4 aliphatic carbocycles. The number of ether oxygens (including phenoxy) is 1. The summed E-state index contributed by atoms with van der Waals surface area (Å²) in [5, 5.41) is 0. The Labute approximate surface area is 115 Å². The van der Waals surface area contributed by atoms with Crippen LogP contribution in [0.15, 0.2) is 0 Å². The molecule has 4 saturated carbocycles. The highest BCUT2D eigenvalue weighted by Crippen LogP contribution is 2.54. The molecule has 0 aromatic carbocycles. The average Bonchev–Trinajstić information content (AvgIpc) is 2.32. The molecule has 4 bridgehead atoms. The van der Waals surface area contributed by atoms with E-state index in [1.165, 1.54) is 6.42 Å². The first-order valence-corrected chi connectivity index (χ1v) is 8.24. The third kappa shape index (κ3) is 2.49. The van der Waals surface area contributed by atoms with Crippen molar-refractivity contribution >= 4 is 16.3 Å². The minimum Gasteiger partial charge on any atom is -0.430 e. The number of carbonyl (C=O) groups excluding carboxylic acids is 1. The molecule has 8 heteroatoms. The molecule has 4 aliphatic rings. The molecule has 0 aliphatic heterocycles. The largest absolute Gasteiger partial charge is 0.524 e. The van der Waals surface area contributed by atoms with Gasteiger partial charge in [-0.15, -0.1) is 0 Å². The van der Waals surface area contributed by atoms with Crippen LogP contribution in [0.25, 0.3) is 0 Å². The fraction of sp³-hybridized carbons (Fsp3) is 0.917. The standard InChI is InChI=1S/C12H16F2O5S/c13-11(14)20(16,17)19-12(15)18-10-8-2-6-1-7(4-8)5-9(10)3-6/h6-11H,1-5H2. The molecular weight excluding hydrogens is 294 g/mol. The highest BCUT2D eigenvalue weighted by molar-refractivity contribution is 7.87. The lowest BCUT2D eigenvalue weighted by molar-refractivity contribution is -0.104. The summed E-state index contributed by atoms with van der Waals surface area (Å²) in [6.07, 6.45) is 3.17. The van der Waals surface area contributed by atoms with Crippen LogP contribution in [-0.2, 0) is 19.0 Å². The van der Waals surface area contributed by atoms with Crippen molar-refractivity contribution in [1.82, 2.24) is 0 Å². The Morgan fingerprint density at radius 2 is 1.50 bits per heavy atom. The Morgan fingerprint density at radius 3 is 1.95 bits per heavy atom. The first-order chi connectivity index (χ1) is 9.35. The topological polar surface area (TPSA) is 69.7 Å². The second kappa shape index (κ2) is 4.82. The first-order valence-electron chi connectivity index (χ1n) is 6.77. The van der Waals surface area contributed by atoms with Gasteiger partial charge in [-0.3, -0.25) is 0 Å².